The summed E-state index contributed by atoms with van der Waals surface area (Å²) < 4.78 is 33.7. The number of rotatable bonds is 6. The van der Waals surface area contributed by atoms with Gasteiger partial charge in [0.25, 0.3) is 0 Å². The van der Waals surface area contributed by atoms with Crippen LogP contribution < -0.4 is 15.9 Å². The van der Waals surface area contributed by atoms with Gasteiger partial charge in [-0.05, 0) is 48.9 Å². The average Bonchev–Trinajstić information content (AvgIpc) is 2.76. The Kier molecular flexibility index (Phi) is 6.38. The molecule has 0 saturated carbocycles. The van der Waals surface area contributed by atoms with Crippen LogP contribution in [0.15, 0.2) is 50.9 Å². The summed E-state index contributed by atoms with van der Waals surface area (Å²) in [6.07, 6.45) is 0. The van der Waals surface area contributed by atoms with Crippen LogP contribution in [0.5, 0.6) is 5.75 Å². The van der Waals surface area contributed by atoms with Crippen molar-refractivity contribution in [3.8, 4) is 5.75 Å². The zero-order valence-corrected chi connectivity index (χ0v) is 19.0. The van der Waals surface area contributed by atoms with Gasteiger partial charge in [-0.15, -0.1) is 0 Å². The SMILES string of the molecule is Cc1cc2[nH]c(=O)c(=O)[nH]c2cc1S(=O)(=O)N1CCN(CCOc2ccc(Cl)cc2)CC1. The Morgan fingerprint density at radius 2 is 1.56 bits per heavy atom. The van der Waals surface area contributed by atoms with Gasteiger partial charge in [0.05, 0.1) is 15.9 Å². The molecule has 0 aliphatic carbocycles. The lowest BCUT2D eigenvalue weighted by Gasteiger charge is -2.34. The van der Waals surface area contributed by atoms with Gasteiger partial charge in [-0.3, -0.25) is 14.5 Å². The molecule has 1 fully saturated rings. The normalized spacial score (nSPS) is 15.8. The van der Waals surface area contributed by atoms with E-state index in [9.17, 15) is 18.0 Å². The van der Waals surface area contributed by atoms with Gasteiger partial charge in [0.1, 0.15) is 12.4 Å². The van der Waals surface area contributed by atoms with Crippen molar-refractivity contribution < 1.29 is 13.2 Å². The Morgan fingerprint density at radius 1 is 0.969 bits per heavy atom. The number of aryl methyl sites for hydroxylation is 1. The van der Waals surface area contributed by atoms with Crippen molar-refractivity contribution in [2.45, 2.75) is 11.8 Å². The number of halogens is 1. The number of H-pyrrole nitrogens is 2. The predicted octanol–water partition coefficient (Wildman–Crippen LogP) is 1.56. The van der Waals surface area contributed by atoms with Gasteiger partial charge in [0.15, 0.2) is 0 Å². The molecular formula is C21H23ClN4O5S. The van der Waals surface area contributed by atoms with Gasteiger partial charge < -0.3 is 14.7 Å². The van der Waals surface area contributed by atoms with E-state index >= 15 is 0 Å². The molecule has 0 unspecified atom stereocenters. The molecule has 0 bridgehead atoms. The van der Waals surface area contributed by atoms with Gasteiger partial charge in [-0.1, -0.05) is 11.6 Å². The maximum absolute atomic E-state index is 13.2. The fourth-order valence-electron chi connectivity index (χ4n) is 3.69. The standard InChI is InChI=1S/C21H23ClN4O5S/c1-14-12-17-18(24-21(28)20(27)23-17)13-19(14)32(29,30)26-8-6-25(7-9-26)10-11-31-16-4-2-15(22)3-5-16/h2-5,12-13H,6-11H2,1H3,(H,23,27)(H,24,28). The second-order valence-electron chi connectivity index (χ2n) is 7.62. The summed E-state index contributed by atoms with van der Waals surface area (Å²) in [5, 5.41) is 0.649. The zero-order valence-electron chi connectivity index (χ0n) is 17.4. The van der Waals surface area contributed by atoms with Gasteiger partial charge in [0, 0.05) is 37.7 Å². The zero-order chi connectivity index (χ0) is 22.9. The van der Waals surface area contributed by atoms with Crippen LogP contribution in [0.2, 0.25) is 5.02 Å². The lowest BCUT2D eigenvalue weighted by Crippen LogP contribution is -2.49. The van der Waals surface area contributed by atoms with E-state index in [1.54, 1.807) is 25.1 Å². The highest BCUT2D eigenvalue weighted by Crippen LogP contribution is 2.24. The van der Waals surface area contributed by atoms with Crippen LogP contribution in [0.25, 0.3) is 11.0 Å². The summed E-state index contributed by atoms with van der Waals surface area (Å²) in [6, 6.07) is 10.1. The highest BCUT2D eigenvalue weighted by Gasteiger charge is 2.30. The number of aromatic amines is 2. The van der Waals surface area contributed by atoms with Crippen LogP contribution in [-0.2, 0) is 10.0 Å². The van der Waals surface area contributed by atoms with E-state index in [-0.39, 0.29) is 10.4 Å². The molecule has 170 valence electrons. The number of nitrogens with zero attached hydrogens (tertiary/aromatic N) is 2. The number of ether oxygens (including phenoxy) is 1. The molecule has 32 heavy (non-hydrogen) atoms. The van der Waals surface area contributed by atoms with Crippen molar-refractivity contribution in [3.63, 3.8) is 0 Å². The monoisotopic (exact) mass is 478 g/mol. The minimum absolute atomic E-state index is 0.118. The number of benzene rings is 2. The van der Waals surface area contributed by atoms with E-state index in [1.807, 2.05) is 12.1 Å². The molecule has 11 heteroatoms. The first-order chi connectivity index (χ1) is 15.2. The van der Waals surface area contributed by atoms with Crippen LogP contribution in [0.4, 0.5) is 0 Å². The summed E-state index contributed by atoms with van der Waals surface area (Å²) in [7, 11) is -3.75. The summed E-state index contributed by atoms with van der Waals surface area (Å²) in [5.74, 6) is 0.738. The highest BCUT2D eigenvalue weighted by atomic mass is 35.5. The lowest BCUT2D eigenvalue weighted by atomic mass is 10.2. The molecule has 3 aromatic rings. The second kappa shape index (κ2) is 9.07. The predicted molar refractivity (Wildman–Crippen MR) is 122 cm³/mol. The van der Waals surface area contributed by atoms with Gasteiger partial charge in [-0.25, -0.2) is 8.42 Å². The molecule has 2 N–H and O–H groups in total. The van der Waals surface area contributed by atoms with E-state index in [0.717, 1.165) is 5.75 Å². The molecule has 2 aromatic carbocycles. The minimum Gasteiger partial charge on any atom is -0.492 e. The van der Waals surface area contributed by atoms with Gasteiger partial charge >= 0.3 is 11.1 Å². The van der Waals surface area contributed by atoms with Crippen LogP contribution >= 0.6 is 11.6 Å². The van der Waals surface area contributed by atoms with E-state index in [4.69, 9.17) is 16.3 Å². The molecule has 0 amide bonds. The molecule has 9 nitrogen and oxygen atoms in total. The second-order valence-corrected chi connectivity index (χ2v) is 9.96. The van der Waals surface area contributed by atoms with Crippen molar-refractivity contribution in [3.05, 3.63) is 67.7 Å². The van der Waals surface area contributed by atoms with Crippen LogP contribution in [0, 0.1) is 6.92 Å². The molecule has 1 aliphatic rings. The van der Waals surface area contributed by atoms with E-state index < -0.39 is 21.1 Å². The third kappa shape index (κ3) is 4.73. The molecule has 2 heterocycles. The van der Waals surface area contributed by atoms with Crippen molar-refractivity contribution in [2.24, 2.45) is 0 Å². The van der Waals surface area contributed by atoms with Gasteiger partial charge in [-0.2, -0.15) is 4.31 Å². The Balaban J connectivity index is 1.41. The molecule has 0 spiro atoms. The first-order valence-electron chi connectivity index (χ1n) is 10.1. The van der Waals surface area contributed by atoms with E-state index in [1.165, 1.54) is 10.4 Å². The molecule has 1 aliphatic heterocycles. The number of piperazine rings is 1. The number of hydrogen-bond acceptors (Lipinski definition) is 6. The summed E-state index contributed by atoms with van der Waals surface area (Å²) in [4.78, 5) is 30.3. The molecule has 0 radical (unpaired) electrons. The maximum Gasteiger partial charge on any atom is 0.314 e. The first-order valence-corrected chi connectivity index (χ1v) is 11.9. The largest absolute Gasteiger partial charge is 0.492 e. The summed E-state index contributed by atoms with van der Waals surface area (Å²) in [5.41, 5.74) is -0.435. The quantitative estimate of drug-likeness (QED) is 0.519. The molecule has 1 aromatic heterocycles. The van der Waals surface area contributed by atoms with Crippen molar-refractivity contribution in [1.82, 2.24) is 19.2 Å². The maximum atomic E-state index is 13.2. The third-order valence-corrected chi connectivity index (χ3v) is 7.75. The number of sulfonamides is 1. The van der Waals surface area contributed by atoms with Gasteiger partial charge in [0.2, 0.25) is 10.0 Å². The fourth-order valence-corrected chi connectivity index (χ4v) is 5.47. The fraction of sp³-hybridized carbons (Fsp3) is 0.333. The topological polar surface area (TPSA) is 116 Å². The Labute approximate surface area is 189 Å². The molecule has 4 rings (SSSR count). The van der Waals surface area contributed by atoms with Crippen molar-refractivity contribution in [2.75, 3.05) is 39.3 Å². The summed E-state index contributed by atoms with van der Waals surface area (Å²) >= 11 is 5.87. The Bertz CT molecular complexity index is 1340. The number of nitrogens with one attached hydrogen (secondary N) is 2. The molecule has 1 saturated heterocycles. The summed E-state index contributed by atoms with van der Waals surface area (Å²) in [6.45, 7) is 4.70. The average molecular weight is 479 g/mol. The number of aromatic nitrogens is 2. The molecule has 0 atom stereocenters. The van der Waals surface area contributed by atoms with Crippen LogP contribution in [-0.4, -0.2) is 66.9 Å². The smallest absolute Gasteiger partial charge is 0.314 e. The number of hydrogen-bond donors (Lipinski definition) is 2. The van der Waals surface area contributed by atoms with Crippen LogP contribution in [0.3, 0.4) is 0 Å². The van der Waals surface area contributed by atoms with Crippen molar-refractivity contribution in [1.29, 1.82) is 0 Å². The Morgan fingerprint density at radius 3 is 2.19 bits per heavy atom. The van der Waals surface area contributed by atoms with Crippen LogP contribution in [0.1, 0.15) is 5.56 Å². The third-order valence-electron chi connectivity index (χ3n) is 5.46. The van der Waals surface area contributed by atoms with E-state index in [2.05, 4.69) is 14.9 Å². The highest BCUT2D eigenvalue weighted by molar-refractivity contribution is 7.89. The molecular weight excluding hydrogens is 456 g/mol. The first kappa shape index (κ1) is 22.5. The van der Waals surface area contributed by atoms with E-state index in [0.29, 0.717) is 55.4 Å². The number of fused-ring (bicyclic) bond motifs is 1. The Hall–Kier alpha value is -2.66. The van der Waals surface area contributed by atoms with Crippen molar-refractivity contribution >= 4 is 32.7 Å². The minimum atomic E-state index is -3.75. The lowest BCUT2D eigenvalue weighted by molar-refractivity contribution is 0.159.